The van der Waals surface area contributed by atoms with Gasteiger partial charge in [-0.25, -0.2) is 9.78 Å². The molecule has 3 aromatic heterocycles. The average Bonchev–Trinajstić information content (AvgIpc) is 3.21. The molecule has 132 valence electrons. The van der Waals surface area contributed by atoms with Crippen LogP contribution in [-0.4, -0.2) is 42.2 Å². The normalized spacial score (nSPS) is 12.2. The Morgan fingerprint density at radius 2 is 2.08 bits per heavy atom. The Kier molecular flexibility index (Phi) is 4.73. The van der Waals surface area contributed by atoms with Gasteiger partial charge in [0.05, 0.1) is 4.70 Å². The number of thiazole rings is 1. The molecule has 0 fully saturated rings. The van der Waals surface area contributed by atoms with E-state index < -0.39 is 18.0 Å². The zero-order valence-corrected chi connectivity index (χ0v) is 15.7. The van der Waals surface area contributed by atoms with Crippen LogP contribution in [0.3, 0.4) is 0 Å². The third-order valence-corrected chi connectivity index (χ3v) is 5.50. The van der Waals surface area contributed by atoms with Gasteiger partial charge in [0.15, 0.2) is 17.1 Å². The molecule has 0 bridgehead atoms. The Morgan fingerprint density at radius 3 is 2.68 bits per heavy atom. The molecule has 1 atom stereocenters. The third kappa shape index (κ3) is 3.80. The number of ether oxygens (including phenoxy) is 1. The van der Waals surface area contributed by atoms with Crippen LogP contribution in [0, 0.1) is 6.92 Å². The second-order valence-corrected chi connectivity index (χ2v) is 7.57. The van der Waals surface area contributed by atoms with Crippen molar-refractivity contribution in [3.63, 3.8) is 0 Å². The number of anilines is 2. The highest BCUT2D eigenvalue weighted by Crippen LogP contribution is 2.34. The molecule has 3 rings (SSSR count). The summed E-state index contributed by atoms with van der Waals surface area (Å²) in [4.78, 5) is 31.8. The lowest BCUT2D eigenvalue weighted by Crippen LogP contribution is -2.29. The van der Waals surface area contributed by atoms with Crippen molar-refractivity contribution in [2.75, 3.05) is 24.3 Å². The van der Waals surface area contributed by atoms with E-state index in [0.29, 0.717) is 10.6 Å². The zero-order chi connectivity index (χ0) is 18.1. The molecule has 10 heteroatoms. The number of esters is 1. The topological polar surface area (TPSA) is 97.6 Å². The van der Waals surface area contributed by atoms with Crippen molar-refractivity contribution in [2.24, 2.45) is 0 Å². The molecule has 25 heavy (non-hydrogen) atoms. The van der Waals surface area contributed by atoms with Gasteiger partial charge in [0.25, 0.3) is 5.91 Å². The van der Waals surface area contributed by atoms with Crippen molar-refractivity contribution in [2.45, 2.75) is 20.0 Å². The summed E-state index contributed by atoms with van der Waals surface area (Å²) in [6.45, 7) is 3.21. The Labute approximate surface area is 151 Å². The van der Waals surface area contributed by atoms with E-state index in [9.17, 15) is 9.59 Å². The number of aryl methyl sites for hydroxylation is 1. The van der Waals surface area contributed by atoms with E-state index in [1.54, 1.807) is 19.1 Å². The quantitative estimate of drug-likeness (QED) is 0.680. The first-order valence-electron chi connectivity index (χ1n) is 7.36. The summed E-state index contributed by atoms with van der Waals surface area (Å²) < 4.78 is 11.0. The highest BCUT2D eigenvalue weighted by Gasteiger charge is 2.22. The number of fused-ring (bicyclic) bond motifs is 1. The lowest BCUT2D eigenvalue weighted by molar-refractivity contribution is -0.123. The summed E-state index contributed by atoms with van der Waals surface area (Å²) in [6.07, 6.45) is -0.963. The van der Waals surface area contributed by atoms with Crippen molar-refractivity contribution in [3.05, 3.63) is 22.8 Å². The average molecular weight is 380 g/mol. The third-order valence-electron chi connectivity index (χ3n) is 3.19. The largest absolute Gasteiger partial charge is 0.448 e. The first kappa shape index (κ1) is 17.4. The highest BCUT2D eigenvalue weighted by molar-refractivity contribution is 7.29. The second-order valence-electron chi connectivity index (χ2n) is 5.53. The van der Waals surface area contributed by atoms with Crippen LogP contribution >= 0.6 is 22.7 Å². The molecule has 0 spiro atoms. The summed E-state index contributed by atoms with van der Waals surface area (Å²) in [6, 6.07) is 3.31. The van der Waals surface area contributed by atoms with Gasteiger partial charge in [0, 0.05) is 20.2 Å². The van der Waals surface area contributed by atoms with Gasteiger partial charge in [-0.1, -0.05) is 16.5 Å². The Balaban J connectivity index is 1.64. The van der Waals surface area contributed by atoms with Gasteiger partial charge in [0.1, 0.15) is 15.5 Å². The summed E-state index contributed by atoms with van der Waals surface area (Å²) >= 11 is 2.74. The van der Waals surface area contributed by atoms with Crippen molar-refractivity contribution in [1.29, 1.82) is 0 Å². The molecule has 0 aliphatic rings. The number of amides is 1. The van der Waals surface area contributed by atoms with Gasteiger partial charge in [-0.15, -0.1) is 11.3 Å². The molecule has 0 aliphatic heterocycles. The van der Waals surface area contributed by atoms with E-state index in [0.717, 1.165) is 14.7 Å². The molecule has 8 nitrogen and oxygen atoms in total. The van der Waals surface area contributed by atoms with Crippen LogP contribution in [0.25, 0.3) is 9.53 Å². The summed E-state index contributed by atoms with van der Waals surface area (Å²) in [5.74, 6) is -0.181. The number of nitrogens with one attached hydrogen (secondary N) is 1. The number of carbonyl (C=O) groups excluding carboxylic acids is 2. The van der Waals surface area contributed by atoms with Gasteiger partial charge in [0.2, 0.25) is 0 Å². The Hall–Kier alpha value is -2.46. The van der Waals surface area contributed by atoms with Crippen LogP contribution in [0.5, 0.6) is 0 Å². The predicted octanol–water partition coefficient (Wildman–Crippen LogP) is 2.90. The Bertz CT molecular complexity index is 896. The summed E-state index contributed by atoms with van der Waals surface area (Å²) in [7, 11) is 3.82. The van der Waals surface area contributed by atoms with Crippen LogP contribution in [0.1, 0.15) is 22.4 Å². The van der Waals surface area contributed by atoms with Gasteiger partial charge < -0.3 is 19.5 Å². The first-order valence-corrected chi connectivity index (χ1v) is 8.99. The smallest absolute Gasteiger partial charge is 0.349 e. The summed E-state index contributed by atoms with van der Waals surface area (Å²) in [5.41, 5.74) is 0. The molecule has 3 aromatic rings. The lowest BCUT2D eigenvalue weighted by Gasteiger charge is -2.11. The zero-order valence-electron chi connectivity index (χ0n) is 14.0. The number of aromatic nitrogens is 2. The van der Waals surface area contributed by atoms with Crippen molar-refractivity contribution in [3.8, 4) is 0 Å². The Morgan fingerprint density at radius 1 is 1.32 bits per heavy atom. The first-order chi connectivity index (χ1) is 11.8. The molecular formula is C15H16N4O4S2. The van der Waals surface area contributed by atoms with Gasteiger partial charge in [-0.2, -0.15) is 0 Å². The monoisotopic (exact) mass is 380 g/mol. The standard InChI is InChI=1S/C15H16N4O4S2/c1-7-5-11(18-23-7)16-12(20)8(2)22-14(21)10-6-9-13(24-10)17-15(25-9)19(3)4/h5-6,8H,1-4H3,(H,16,18,20). The van der Waals surface area contributed by atoms with Gasteiger partial charge in [-0.05, 0) is 19.9 Å². The fourth-order valence-corrected chi connectivity index (χ4v) is 3.96. The van der Waals surface area contributed by atoms with Crippen LogP contribution in [-0.2, 0) is 9.53 Å². The number of nitrogens with zero attached hydrogens (tertiary/aromatic N) is 3. The van der Waals surface area contributed by atoms with Gasteiger partial charge >= 0.3 is 5.97 Å². The van der Waals surface area contributed by atoms with Crippen molar-refractivity contribution in [1.82, 2.24) is 10.1 Å². The molecule has 0 radical (unpaired) electrons. The minimum absolute atomic E-state index is 0.280. The fraction of sp³-hybridized carbons (Fsp3) is 0.333. The van der Waals surface area contributed by atoms with Crippen LogP contribution in [0.4, 0.5) is 10.9 Å². The van der Waals surface area contributed by atoms with E-state index in [2.05, 4.69) is 15.5 Å². The number of thiophene rings is 1. The fourth-order valence-electron chi connectivity index (χ4n) is 1.94. The van der Waals surface area contributed by atoms with Crippen molar-refractivity contribution >= 4 is 55.0 Å². The minimum Gasteiger partial charge on any atom is -0.448 e. The number of hydrogen-bond donors (Lipinski definition) is 1. The summed E-state index contributed by atoms with van der Waals surface area (Å²) in [5, 5.41) is 7.06. The predicted molar refractivity (Wildman–Crippen MR) is 96.6 cm³/mol. The van der Waals surface area contributed by atoms with Crippen molar-refractivity contribution < 1.29 is 18.8 Å². The number of rotatable bonds is 5. The van der Waals surface area contributed by atoms with Gasteiger partial charge in [-0.3, -0.25) is 4.79 Å². The van der Waals surface area contributed by atoms with E-state index in [1.165, 1.54) is 29.6 Å². The molecule has 0 aliphatic carbocycles. The van der Waals surface area contributed by atoms with E-state index in [1.807, 2.05) is 19.0 Å². The molecule has 0 aromatic carbocycles. The van der Waals surface area contributed by atoms with Crippen LogP contribution < -0.4 is 10.2 Å². The molecule has 0 saturated carbocycles. The van der Waals surface area contributed by atoms with E-state index in [-0.39, 0.29) is 5.82 Å². The maximum absolute atomic E-state index is 12.2. The molecule has 3 heterocycles. The molecule has 1 unspecified atom stereocenters. The molecular weight excluding hydrogens is 364 g/mol. The number of carbonyl (C=O) groups is 2. The van der Waals surface area contributed by atoms with E-state index >= 15 is 0 Å². The van der Waals surface area contributed by atoms with Crippen LogP contribution in [0.2, 0.25) is 0 Å². The maximum atomic E-state index is 12.2. The molecule has 0 saturated heterocycles. The second kappa shape index (κ2) is 6.81. The minimum atomic E-state index is -0.963. The van der Waals surface area contributed by atoms with E-state index in [4.69, 9.17) is 9.26 Å². The maximum Gasteiger partial charge on any atom is 0.349 e. The van der Waals surface area contributed by atoms with Crippen LogP contribution in [0.15, 0.2) is 16.7 Å². The molecule has 1 amide bonds. The lowest BCUT2D eigenvalue weighted by atomic mass is 10.3. The SMILES string of the molecule is Cc1cc(NC(=O)C(C)OC(=O)c2cc3sc(N(C)C)nc3s2)no1. The number of hydrogen-bond acceptors (Lipinski definition) is 9. The highest BCUT2D eigenvalue weighted by atomic mass is 32.1. The molecule has 1 N–H and O–H groups in total.